The van der Waals surface area contributed by atoms with Crippen molar-refractivity contribution in [3.05, 3.63) is 46.9 Å². The van der Waals surface area contributed by atoms with Gasteiger partial charge >= 0.3 is 0 Å². The number of hydrogen-bond acceptors (Lipinski definition) is 5. The number of anilines is 1. The van der Waals surface area contributed by atoms with E-state index in [0.29, 0.717) is 0 Å². The molecule has 0 saturated heterocycles. The summed E-state index contributed by atoms with van der Waals surface area (Å²) in [6, 6.07) is 6.13. The van der Waals surface area contributed by atoms with Crippen LogP contribution < -0.4 is 5.32 Å². The van der Waals surface area contributed by atoms with Gasteiger partial charge in [0.1, 0.15) is 16.5 Å². The Morgan fingerprint density at radius 2 is 1.95 bits per heavy atom. The second-order valence-corrected chi connectivity index (χ2v) is 5.64. The zero-order chi connectivity index (χ0) is 13.2. The standard InChI is InChI=1S/C14H14N4S/c1-9-7-12-13(17-10(2)18-14(12)19-9)16-8-11-3-5-15-6-4-11/h3-7H,8H2,1-2H3,(H,16,17,18). The van der Waals surface area contributed by atoms with Crippen LogP contribution in [-0.2, 0) is 6.54 Å². The van der Waals surface area contributed by atoms with Crippen molar-refractivity contribution in [1.82, 2.24) is 15.0 Å². The van der Waals surface area contributed by atoms with Gasteiger partial charge in [-0.2, -0.15) is 0 Å². The third-order valence-electron chi connectivity index (χ3n) is 2.84. The second-order valence-electron chi connectivity index (χ2n) is 4.40. The Balaban J connectivity index is 1.92. The molecule has 5 heteroatoms. The van der Waals surface area contributed by atoms with Gasteiger partial charge in [-0.1, -0.05) is 0 Å². The molecule has 0 aliphatic heterocycles. The summed E-state index contributed by atoms with van der Waals surface area (Å²) in [6.45, 7) is 4.75. The van der Waals surface area contributed by atoms with Gasteiger partial charge in [0.05, 0.1) is 5.39 Å². The van der Waals surface area contributed by atoms with Gasteiger partial charge in [0.25, 0.3) is 0 Å². The summed E-state index contributed by atoms with van der Waals surface area (Å²) < 4.78 is 0. The maximum atomic E-state index is 4.50. The number of nitrogens with zero attached hydrogens (tertiary/aromatic N) is 3. The first-order valence-electron chi connectivity index (χ1n) is 6.10. The Morgan fingerprint density at radius 3 is 2.74 bits per heavy atom. The smallest absolute Gasteiger partial charge is 0.138 e. The number of aryl methyl sites for hydroxylation is 2. The Kier molecular flexibility index (Phi) is 3.13. The van der Waals surface area contributed by atoms with E-state index in [2.05, 4.69) is 33.3 Å². The van der Waals surface area contributed by atoms with Crippen LogP contribution >= 0.6 is 11.3 Å². The van der Waals surface area contributed by atoms with Gasteiger partial charge in [-0.15, -0.1) is 11.3 Å². The maximum Gasteiger partial charge on any atom is 0.138 e. The van der Waals surface area contributed by atoms with E-state index in [-0.39, 0.29) is 0 Å². The van der Waals surface area contributed by atoms with E-state index in [9.17, 15) is 0 Å². The van der Waals surface area contributed by atoms with E-state index in [1.54, 1.807) is 23.7 Å². The van der Waals surface area contributed by atoms with E-state index < -0.39 is 0 Å². The number of rotatable bonds is 3. The number of fused-ring (bicyclic) bond motifs is 1. The van der Waals surface area contributed by atoms with Crippen LogP contribution in [0.1, 0.15) is 16.3 Å². The maximum absolute atomic E-state index is 4.50. The molecule has 0 unspecified atom stereocenters. The Morgan fingerprint density at radius 1 is 1.16 bits per heavy atom. The van der Waals surface area contributed by atoms with Gasteiger partial charge in [-0.05, 0) is 37.6 Å². The minimum absolute atomic E-state index is 0.739. The largest absolute Gasteiger partial charge is 0.365 e. The zero-order valence-corrected chi connectivity index (χ0v) is 11.7. The van der Waals surface area contributed by atoms with Crippen LogP contribution in [-0.4, -0.2) is 15.0 Å². The first kappa shape index (κ1) is 12.0. The molecule has 3 rings (SSSR count). The predicted octanol–water partition coefficient (Wildman–Crippen LogP) is 3.32. The van der Waals surface area contributed by atoms with Crippen LogP contribution in [0.2, 0.25) is 0 Å². The Labute approximate surface area is 115 Å². The third-order valence-corrected chi connectivity index (χ3v) is 3.78. The summed E-state index contributed by atoms with van der Waals surface area (Å²) >= 11 is 1.70. The number of thiophene rings is 1. The molecule has 3 aromatic heterocycles. The minimum Gasteiger partial charge on any atom is -0.365 e. The number of hydrogen-bond donors (Lipinski definition) is 1. The van der Waals surface area contributed by atoms with Crippen molar-refractivity contribution < 1.29 is 0 Å². The number of pyridine rings is 1. The van der Waals surface area contributed by atoms with Crippen molar-refractivity contribution in [3.8, 4) is 0 Å². The van der Waals surface area contributed by atoms with E-state index in [1.165, 1.54) is 10.4 Å². The number of aromatic nitrogens is 3. The first-order valence-corrected chi connectivity index (χ1v) is 6.91. The molecular formula is C14H14N4S. The SMILES string of the molecule is Cc1nc(NCc2ccncc2)c2cc(C)sc2n1. The Bertz CT molecular complexity index is 706. The molecule has 0 aliphatic carbocycles. The molecule has 0 atom stereocenters. The lowest BCUT2D eigenvalue weighted by molar-refractivity contribution is 1.05. The molecule has 0 bridgehead atoms. The van der Waals surface area contributed by atoms with Gasteiger partial charge in [0.15, 0.2) is 0 Å². The van der Waals surface area contributed by atoms with Crippen LogP contribution in [0.3, 0.4) is 0 Å². The molecule has 0 aliphatic rings. The molecule has 4 nitrogen and oxygen atoms in total. The van der Waals surface area contributed by atoms with Crippen LogP contribution in [0.4, 0.5) is 5.82 Å². The van der Waals surface area contributed by atoms with Crippen molar-refractivity contribution in [2.75, 3.05) is 5.32 Å². The molecule has 3 aromatic rings. The van der Waals surface area contributed by atoms with Crippen LogP contribution in [0.5, 0.6) is 0 Å². The van der Waals surface area contributed by atoms with E-state index in [1.807, 2.05) is 19.1 Å². The topological polar surface area (TPSA) is 50.7 Å². The normalized spacial score (nSPS) is 10.8. The summed E-state index contributed by atoms with van der Waals surface area (Å²) in [5.74, 6) is 1.70. The lowest BCUT2D eigenvalue weighted by atomic mass is 10.2. The fourth-order valence-corrected chi connectivity index (χ4v) is 2.89. The highest BCUT2D eigenvalue weighted by molar-refractivity contribution is 7.18. The van der Waals surface area contributed by atoms with Crippen molar-refractivity contribution in [2.45, 2.75) is 20.4 Å². The highest BCUT2D eigenvalue weighted by Crippen LogP contribution is 2.28. The van der Waals surface area contributed by atoms with E-state index >= 15 is 0 Å². The summed E-state index contributed by atoms with van der Waals surface area (Å²) in [6.07, 6.45) is 3.60. The third kappa shape index (κ3) is 2.56. The molecule has 0 fully saturated rings. The summed E-state index contributed by atoms with van der Waals surface area (Å²) in [5.41, 5.74) is 1.19. The van der Waals surface area contributed by atoms with Crippen molar-refractivity contribution in [1.29, 1.82) is 0 Å². The molecule has 96 valence electrons. The average Bonchev–Trinajstić information content (AvgIpc) is 2.77. The monoisotopic (exact) mass is 270 g/mol. The van der Waals surface area contributed by atoms with E-state index in [0.717, 1.165) is 28.4 Å². The van der Waals surface area contributed by atoms with Gasteiger partial charge in [-0.3, -0.25) is 4.98 Å². The fourth-order valence-electron chi connectivity index (χ4n) is 1.97. The molecule has 19 heavy (non-hydrogen) atoms. The molecule has 3 heterocycles. The van der Waals surface area contributed by atoms with Crippen molar-refractivity contribution >= 4 is 27.4 Å². The molecule has 0 aromatic carbocycles. The zero-order valence-electron chi connectivity index (χ0n) is 10.8. The van der Waals surface area contributed by atoms with Gasteiger partial charge in [0, 0.05) is 23.8 Å². The Hall–Kier alpha value is -2.01. The van der Waals surface area contributed by atoms with Crippen molar-refractivity contribution in [2.24, 2.45) is 0 Å². The van der Waals surface area contributed by atoms with Gasteiger partial charge < -0.3 is 5.32 Å². The molecule has 0 radical (unpaired) electrons. The summed E-state index contributed by atoms with van der Waals surface area (Å²) in [7, 11) is 0. The van der Waals surface area contributed by atoms with Gasteiger partial charge in [-0.25, -0.2) is 9.97 Å². The lowest BCUT2D eigenvalue weighted by Crippen LogP contribution is -2.03. The summed E-state index contributed by atoms with van der Waals surface area (Å²) in [4.78, 5) is 15.3. The van der Waals surface area contributed by atoms with Gasteiger partial charge in [0.2, 0.25) is 0 Å². The second kappa shape index (κ2) is 4.93. The average molecular weight is 270 g/mol. The van der Waals surface area contributed by atoms with Crippen LogP contribution in [0.25, 0.3) is 10.2 Å². The number of nitrogens with one attached hydrogen (secondary N) is 1. The fraction of sp³-hybridized carbons (Fsp3) is 0.214. The lowest BCUT2D eigenvalue weighted by Gasteiger charge is -2.07. The molecular weight excluding hydrogens is 256 g/mol. The first-order chi connectivity index (χ1) is 9.22. The van der Waals surface area contributed by atoms with E-state index in [4.69, 9.17) is 0 Å². The molecule has 0 spiro atoms. The molecule has 1 N–H and O–H groups in total. The van der Waals surface area contributed by atoms with Crippen molar-refractivity contribution in [3.63, 3.8) is 0 Å². The van der Waals surface area contributed by atoms with Crippen LogP contribution in [0.15, 0.2) is 30.6 Å². The highest BCUT2D eigenvalue weighted by Gasteiger charge is 2.08. The highest BCUT2D eigenvalue weighted by atomic mass is 32.1. The minimum atomic E-state index is 0.739. The molecule has 0 amide bonds. The predicted molar refractivity (Wildman–Crippen MR) is 78.5 cm³/mol. The summed E-state index contributed by atoms with van der Waals surface area (Å²) in [5, 5.41) is 4.49. The molecule has 0 saturated carbocycles. The van der Waals surface area contributed by atoms with Crippen LogP contribution in [0, 0.1) is 13.8 Å². The quantitative estimate of drug-likeness (QED) is 0.793.